The van der Waals surface area contributed by atoms with E-state index in [4.69, 9.17) is 15.2 Å². The maximum Gasteiger partial charge on any atom is 0.271 e. The second-order valence-electron chi connectivity index (χ2n) is 5.00. The first-order chi connectivity index (χ1) is 11.6. The summed E-state index contributed by atoms with van der Waals surface area (Å²) in [5.74, 6) is 1.07. The van der Waals surface area contributed by atoms with E-state index < -0.39 is 0 Å². The molecule has 0 fully saturated rings. The van der Waals surface area contributed by atoms with E-state index >= 15 is 0 Å². The van der Waals surface area contributed by atoms with Crippen LogP contribution in [-0.2, 0) is 19.5 Å². The standard InChI is InChI=1S/C17H21N3O3S.ClH/c1-4-5-12-6-11(7-14(22-2)16(12)23-3)9-19-17(21)13-10-24-15(8-18)20-13;/h4,6-7,10H,1,5,8-9,18H2,2-3H3,(H,19,21);1H. The highest BCUT2D eigenvalue weighted by atomic mass is 35.5. The third-order valence-electron chi connectivity index (χ3n) is 3.39. The molecule has 0 saturated heterocycles. The molecule has 1 aromatic carbocycles. The number of allylic oxidation sites excluding steroid dienone is 1. The van der Waals surface area contributed by atoms with Crippen molar-refractivity contribution >= 4 is 29.7 Å². The summed E-state index contributed by atoms with van der Waals surface area (Å²) in [6, 6.07) is 3.81. The van der Waals surface area contributed by atoms with Crippen LogP contribution in [0.3, 0.4) is 0 Å². The zero-order valence-corrected chi connectivity index (χ0v) is 15.8. The van der Waals surface area contributed by atoms with E-state index in [2.05, 4.69) is 16.9 Å². The van der Waals surface area contributed by atoms with Gasteiger partial charge in [0.05, 0.1) is 14.2 Å². The largest absolute Gasteiger partial charge is 0.493 e. The molecule has 0 aliphatic rings. The summed E-state index contributed by atoms with van der Waals surface area (Å²) in [4.78, 5) is 16.3. The van der Waals surface area contributed by atoms with Gasteiger partial charge in [0, 0.05) is 24.0 Å². The fraction of sp³-hybridized carbons (Fsp3) is 0.294. The smallest absolute Gasteiger partial charge is 0.271 e. The molecule has 0 aliphatic heterocycles. The van der Waals surface area contributed by atoms with Crippen LogP contribution in [-0.4, -0.2) is 25.1 Å². The number of halogens is 1. The van der Waals surface area contributed by atoms with Crippen LogP contribution in [0.5, 0.6) is 11.5 Å². The Morgan fingerprint density at radius 2 is 2.16 bits per heavy atom. The summed E-state index contributed by atoms with van der Waals surface area (Å²) in [5.41, 5.74) is 7.76. The van der Waals surface area contributed by atoms with E-state index in [1.54, 1.807) is 25.7 Å². The van der Waals surface area contributed by atoms with Gasteiger partial charge in [0.15, 0.2) is 11.5 Å². The van der Waals surface area contributed by atoms with Gasteiger partial charge in [-0.2, -0.15) is 0 Å². The van der Waals surface area contributed by atoms with E-state index in [9.17, 15) is 4.79 Å². The Labute approximate surface area is 157 Å². The van der Waals surface area contributed by atoms with Crippen LogP contribution in [0.4, 0.5) is 0 Å². The Morgan fingerprint density at radius 1 is 1.40 bits per heavy atom. The van der Waals surface area contributed by atoms with Crippen molar-refractivity contribution in [2.24, 2.45) is 5.73 Å². The number of nitrogens with one attached hydrogen (secondary N) is 1. The SMILES string of the molecule is C=CCc1cc(CNC(=O)c2csc(CN)n2)cc(OC)c1OC.Cl. The van der Waals surface area contributed by atoms with Crippen molar-refractivity contribution < 1.29 is 14.3 Å². The summed E-state index contributed by atoms with van der Waals surface area (Å²) in [6.45, 7) is 4.45. The van der Waals surface area contributed by atoms with Gasteiger partial charge >= 0.3 is 0 Å². The Kier molecular flexibility index (Phi) is 8.40. The Bertz CT molecular complexity index is 734. The molecule has 0 atom stereocenters. The minimum atomic E-state index is -0.231. The molecule has 25 heavy (non-hydrogen) atoms. The van der Waals surface area contributed by atoms with E-state index in [0.717, 1.165) is 16.1 Å². The highest BCUT2D eigenvalue weighted by molar-refractivity contribution is 7.09. The van der Waals surface area contributed by atoms with Crippen molar-refractivity contribution in [3.8, 4) is 11.5 Å². The average Bonchev–Trinajstić information content (AvgIpc) is 3.08. The number of benzene rings is 1. The first kappa shape index (κ1) is 21.0. The Balaban J connectivity index is 0.00000312. The minimum Gasteiger partial charge on any atom is -0.493 e. The van der Waals surface area contributed by atoms with Crippen molar-refractivity contribution in [2.75, 3.05) is 14.2 Å². The average molecular weight is 384 g/mol. The number of carbonyl (C=O) groups is 1. The van der Waals surface area contributed by atoms with Crippen molar-refractivity contribution in [2.45, 2.75) is 19.5 Å². The van der Waals surface area contributed by atoms with E-state index in [1.807, 2.05) is 12.1 Å². The number of hydrogen-bond acceptors (Lipinski definition) is 6. The van der Waals surface area contributed by atoms with Gasteiger partial charge in [-0.15, -0.1) is 30.3 Å². The van der Waals surface area contributed by atoms with Crippen LogP contribution in [0.15, 0.2) is 30.2 Å². The summed E-state index contributed by atoms with van der Waals surface area (Å²) in [6.07, 6.45) is 2.44. The normalized spacial score (nSPS) is 9.88. The van der Waals surface area contributed by atoms with Gasteiger partial charge < -0.3 is 20.5 Å². The van der Waals surface area contributed by atoms with Gasteiger partial charge in [-0.05, 0) is 24.1 Å². The predicted octanol–water partition coefficient (Wildman–Crippen LogP) is 2.70. The first-order valence-electron chi connectivity index (χ1n) is 7.40. The fourth-order valence-electron chi connectivity index (χ4n) is 2.30. The summed E-state index contributed by atoms with van der Waals surface area (Å²) in [5, 5.41) is 5.29. The molecule has 8 heteroatoms. The summed E-state index contributed by atoms with van der Waals surface area (Å²) >= 11 is 1.38. The number of aromatic nitrogens is 1. The topological polar surface area (TPSA) is 86.5 Å². The molecule has 0 unspecified atom stereocenters. The van der Waals surface area contributed by atoms with Crippen LogP contribution in [0.1, 0.15) is 26.6 Å². The van der Waals surface area contributed by atoms with Gasteiger partial charge in [-0.1, -0.05) is 6.08 Å². The summed E-state index contributed by atoms with van der Waals surface area (Å²) < 4.78 is 10.8. The van der Waals surface area contributed by atoms with Crippen LogP contribution in [0, 0.1) is 0 Å². The third-order valence-corrected chi connectivity index (χ3v) is 4.26. The highest BCUT2D eigenvalue weighted by Crippen LogP contribution is 2.33. The van der Waals surface area contributed by atoms with Crippen LogP contribution >= 0.6 is 23.7 Å². The molecule has 0 bridgehead atoms. The number of methoxy groups -OCH3 is 2. The zero-order chi connectivity index (χ0) is 17.5. The summed E-state index contributed by atoms with van der Waals surface area (Å²) in [7, 11) is 3.19. The van der Waals surface area contributed by atoms with Gasteiger partial charge in [0.2, 0.25) is 0 Å². The van der Waals surface area contributed by atoms with Gasteiger partial charge in [0.1, 0.15) is 10.7 Å². The molecule has 3 N–H and O–H groups in total. The molecule has 0 radical (unpaired) electrons. The maximum absolute atomic E-state index is 12.2. The quantitative estimate of drug-likeness (QED) is 0.684. The lowest BCUT2D eigenvalue weighted by Crippen LogP contribution is -2.23. The number of thiazole rings is 1. The molecule has 2 aromatic rings. The predicted molar refractivity (Wildman–Crippen MR) is 102 cm³/mol. The molecular weight excluding hydrogens is 362 g/mol. The maximum atomic E-state index is 12.2. The molecule has 6 nitrogen and oxygen atoms in total. The Morgan fingerprint density at radius 3 is 2.72 bits per heavy atom. The number of rotatable bonds is 8. The number of nitrogens with zero attached hydrogens (tertiary/aromatic N) is 1. The molecule has 0 spiro atoms. The lowest BCUT2D eigenvalue weighted by Gasteiger charge is -2.14. The molecule has 2 rings (SSSR count). The second kappa shape index (κ2) is 10.0. The molecule has 1 amide bonds. The number of carbonyl (C=O) groups excluding carboxylic acids is 1. The fourth-order valence-corrected chi connectivity index (χ4v) is 2.95. The van der Waals surface area contributed by atoms with Crippen LogP contribution < -0.4 is 20.5 Å². The number of amides is 1. The molecular formula is C17H22ClN3O3S. The van der Waals surface area contributed by atoms with Gasteiger partial charge in [-0.3, -0.25) is 4.79 Å². The van der Waals surface area contributed by atoms with E-state index in [0.29, 0.717) is 36.7 Å². The van der Waals surface area contributed by atoms with Crippen molar-refractivity contribution in [1.82, 2.24) is 10.3 Å². The highest BCUT2D eigenvalue weighted by Gasteiger charge is 2.14. The number of ether oxygens (including phenoxy) is 2. The monoisotopic (exact) mass is 383 g/mol. The molecule has 136 valence electrons. The molecule has 0 saturated carbocycles. The lowest BCUT2D eigenvalue weighted by atomic mass is 10.1. The zero-order valence-electron chi connectivity index (χ0n) is 14.2. The van der Waals surface area contributed by atoms with E-state index in [-0.39, 0.29) is 18.3 Å². The van der Waals surface area contributed by atoms with Crippen molar-refractivity contribution in [1.29, 1.82) is 0 Å². The molecule has 0 aliphatic carbocycles. The number of nitrogens with two attached hydrogens (primary N) is 1. The van der Waals surface area contributed by atoms with Crippen molar-refractivity contribution in [3.05, 3.63) is 52.0 Å². The second-order valence-corrected chi connectivity index (χ2v) is 5.94. The molecule has 1 heterocycles. The lowest BCUT2D eigenvalue weighted by molar-refractivity contribution is 0.0946. The van der Waals surface area contributed by atoms with Gasteiger partial charge in [0.25, 0.3) is 5.91 Å². The van der Waals surface area contributed by atoms with Crippen molar-refractivity contribution in [3.63, 3.8) is 0 Å². The number of hydrogen-bond donors (Lipinski definition) is 2. The van der Waals surface area contributed by atoms with Gasteiger partial charge in [-0.25, -0.2) is 4.98 Å². The van der Waals surface area contributed by atoms with E-state index in [1.165, 1.54) is 11.3 Å². The van der Waals surface area contributed by atoms with Crippen LogP contribution in [0.2, 0.25) is 0 Å². The Hall–Kier alpha value is -2.09. The van der Waals surface area contributed by atoms with Crippen LogP contribution in [0.25, 0.3) is 0 Å². The first-order valence-corrected chi connectivity index (χ1v) is 8.28. The third kappa shape index (κ3) is 5.19. The minimum absolute atomic E-state index is 0. The molecule has 1 aromatic heterocycles.